The van der Waals surface area contributed by atoms with Crippen molar-refractivity contribution in [2.75, 3.05) is 38.3 Å². The van der Waals surface area contributed by atoms with Gasteiger partial charge in [-0.15, -0.1) is 0 Å². The van der Waals surface area contributed by atoms with Gasteiger partial charge in [-0.1, -0.05) is 6.07 Å². The van der Waals surface area contributed by atoms with Gasteiger partial charge in [-0.25, -0.2) is 9.59 Å². The van der Waals surface area contributed by atoms with Crippen LogP contribution in [0.5, 0.6) is 17.2 Å². The molecule has 0 aliphatic carbocycles. The molecule has 2 atom stereocenters. The summed E-state index contributed by atoms with van der Waals surface area (Å²) in [6.07, 6.45) is 0.245. The number of phenols is 1. The van der Waals surface area contributed by atoms with Crippen molar-refractivity contribution in [2.45, 2.75) is 40.0 Å². The van der Waals surface area contributed by atoms with E-state index in [4.69, 9.17) is 14.2 Å². The van der Waals surface area contributed by atoms with Crippen LogP contribution in [0.4, 0.5) is 10.5 Å². The third-order valence-electron chi connectivity index (χ3n) is 6.24. The molecule has 1 heterocycles. The zero-order valence-corrected chi connectivity index (χ0v) is 23.4. The molecule has 0 saturated heterocycles. The fraction of sp³-hybridized carbons (Fsp3) is 0.393. The number of hydrogen-bond acceptors (Lipinski definition) is 10. The molecule has 12 heteroatoms. The fourth-order valence-electron chi connectivity index (χ4n) is 4.24. The lowest BCUT2D eigenvalue weighted by molar-refractivity contribution is -0.136. The molecular formula is C28H37N5O7. The topological polar surface area (TPSA) is 154 Å². The number of ether oxygens (including phenoxy) is 3. The zero-order chi connectivity index (χ0) is 29.2. The highest BCUT2D eigenvalue weighted by Crippen LogP contribution is 2.35. The number of nitrogens with one attached hydrogen (secondary N) is 3. The van der Waals surface area contributed by atoms with Crippen LogP contribution in [0, 0.1) is 0 Å². The Bertz CT molecular complexity index is 1260. The van der Waals surface area contributed by atoms with E-state index in [1.54, 1.807) is 37.3 Å². The van der Waals surface area contributed by atoms with Gasteiger partial charge in [-0.2, -0.15) is 5.10 Å². The van der Waals surface area contributed by atoms with E-state index in [9.17, 15) is 19.8 Å². The van der Waals surface area contributed by atoms with Crippen molar-refractivity contribution in [2.24, 2.45) is 5.10 Å². The first kappa shape index (κ1) is 30.1. The first-order valence-electron chi connectivity index (χ1n) is 13.0. The summed E-state index contributed by atoms with van der Waals surface area (Å²) >= 11 is 0. The third-order valence-corrected chi connectivity index (χ3v) is 6.24. The average Bonchev–Trinajstić information content (AvgIpc) is 2.93. The van der Waals surface area contributed by atoms with Gasteiger partial charge in [-0.05, 0) is 57.5 Å². The summed E-state index contributed by atoms with van der Waals surface area (Å²) in [4.78, 5) is 26.6. The number of hydrazone groups is 1. The molecule has 1 aliphatic heterocycles. The van der Waals surface area contributed by atoms with E-state index in [1.165, 1.54) is 13.3 Å². The minimum atomic E-state index is -1.16. The SMILES string of the molecule is CCOc1cc([C@@H]2NC(=O)NC(C)=C2C(=O)OC)ccc1OC[C@@H](O)N/N=C\c1ccc(N(CC)CC)cc1O. The van der Waals surface area contributed by atoms with E-state index in [0.717, 1.165) is 18.8 Å². The number of aliphatic hydroxyl groups is 1. The molecule has 216 valence electrons. The van der Waals surface area contributed by atoms with Gasteiger partial charge >= 0.3 is 12.0 Å². The van der Waals surface area contributed by atoms with Crippen LogP contribution < -0.4 is 30.4 Å². The zero-order valence-electron chi connectivity index (χ0n) is 23.4. The number of urea groups is 1. The van der Waals surface area contributed by atoms with Crippen LogP contribution in [0.15, 0.2) is 52.8 Å². The van der Waals surface area contributed by atoms with E-state index in [-0.39, 0.29) is 17.9 Å². The summed E-state index contributed by atoms with van der Waals surface area (Å²) < 4.78 is 16.4. The molecule has 12 nitrogen and oxygen atoms in total. The molecule has 0 radical (unpaired) electrons. The maximum atomic E-state index is 12.4. The number of rotatable bonds is 13. The van der Waals surface area contributed by atoms with Crippen molar-refractivity contribution in [1.29, 1.82) is 0 Å². The van der Waals surface area contributed by atoms with E-state index >= 15 is 0 Å². The number of carbonyl (C=O) groups is 2. The summed E-state index contributed by atoms with van der Waals surface area (Å²) in [5, 5.41) is 30.0. The summed E-state index contributed by atoms with van der Waals surface area (Å²) in [7, 11) is 1.27. The van der Waals surface area contributed by atoms with Gasteiger partial charge in [0.15, 0.2) is 17.7 Å². The van der Waals surface area contributed by atoms with Gasteiger partial charge in [0.1, 0.15) is 12.4 Å². The molecule has 3 rings (SSSR count). The third kappa shape index (κ3) is 7.35. The molecule has 40 heavy (non-hydrogen) atoms. The fourth-order valence-corrected chi connectivity index (χ4v) is 4.24. The standard InChI is InChI=1S/C28H37N5O7/c1-6-33(7-2)20-11-9-19(21(34)14-20)15-29-32-24(35)16-40-22-12-10-18(13-23(22)39-8-3)26-25(27(36)38-5)17(4)30-28(37)31-26/h9-15,24,26,32,34-35H,6-8,16H2,1-5H3,(H2,30,31,37)/b29-15-/t24-,26+/m1/s1. The minimum absolute atomic E-state index is 0.0764. The van der Waals surface area contributed by atoms with Gasteiger partial charge in [0.25, 0.3) is 0 Å². The Morgan fingerprint density at radius 2 is 1.90 bits per heavy atom. The number of aromatic hydroxyl groups is 1. The van der Waals surface area contributed by atoms with Crippen LogP contribution >= 0.6 is 0 Å². The monoisotopic (exact) mass is 555 g/mol. The minimum Gasteiger partial charge on any atom is -0.507 e. The number of hydrogen-bond donors (Lipinski definition) is 5. The summed E-state index contributed by atoms with van der Waals surface area (Å²) in [6.45, 7) is 9.33. The highest BCUT2D eigenvalue weighted by Gasteiger charge is 2.32. The van der Waals surface area contributed by atoms with E-state index < -0.39 is 24.3 Å². The lowest BCUT2D eigenvalue weighted by atomic mass is 9.95. The van der Waals surface area contributed by atoms with Crippen molar-refractivity contribution in [3.05, 3.63) is 58.8 Å². The van der Waals surface area contributed by atoms with E-state index in [1.807, 2.05) is 26.8 Å². The van der Waals surface area contributed by atoms with Crippen molar-refractivity contribution < 1.29 is 34.0 Å². The first-order chi connectivity index (χ1) is 19.2. The summed E-state index contributed by atoms with van der Waals surface area (Å²) in [5.74, 6) is 0.216. The average molecular weight is 556 g/mol. The molecule has 0 bridgehead atoms. The molecule has 2 amide bonds. The quantitative estimate of drug-likeness (QED) is 0.109. The molecule has 0 unspecified atom stereocenters. The summed E-state index contributed by atoms with van der Waals surface area (Å²) in [5.41, 5.74) is 5.21. The van der Waals surface area contributed by atoms with Crippen LogP contribution in [0.3, 0.4) is 0 Å². The molecule has 0 saturated carbocycles. The predicted octanol–water partition coefficient (Wildman–Crippen LogP) is 2.76. The Morgan fingerprint density at radius 1 is 1.15 bits per heavy atom. The largest absolute Gasteiger partial charge is 0.507 e. The molecule has 0 fully saturated rings. The van der Waals surface area contributed by atoms with Gasteiger partial charge in [0, 0.05) is 36.1 Å². The highest BCUT2D eigenvalue weighted by atomic mass is 16.5. The Labute approximate surface area is 233 Å². The maximum Gasteiger partial charge on any atom is 0.337 e. The number of phenolic OH excluding ortho intramolecular Hbond substituents is 1. The number of anilines is 1. The second-order valence-corrected chi connectivity index (χ2v) is 8.83. The van der Waals surface area contributed by atoms with Crippen molar-refractivity contribution in [1.82, 2.24) is 16.1 Å². The molecule has 2 aromatic rings. The Hall–Kier alpha value is -4.45. The number of esters is 1. The van der Waals surface area contributed by atoms with Crippen molar-refractivity contribution >= 4 is 23.9 Å². The van der Waals surface area contributed by atoms with Gasteiger partial charge in [0.05, 0.1) is 31.5 Å². The van der Waals surface area contributed by atoms with Crippen LogP contribution in [-0.4, -0.2) is 68.1 Å². The number of amides is 2. The predicted molar refractivity (Wildman–Crippen MR) is 151 cm³/mol. The van der Waals surface area contributed by atoms with E-state index in [2.05, 4.69) is 26.1 Å². The molecular weight excluding hydrogens is 518 g/mol. The van der Waals surface area contributed by atoms with E-state index in [0.29, 0.717) is 34.9 Å². The lowest BCUT2D eigenvalue weighted by Gasteiger charge is -2.28. The maximum absolute atomic E-state index is 12.4. The normalized spacial score (nSPS) is 15.8. The number of allylic oxidation sites excluding steroid dienone is 1. The number of nitrogens with zero attached hydrogens (tertiary/aromatic N) is 2. The van der Waals surface area contributed by atoms with Gasteiger partial charge in [0.2, 0.25) is 0 Å². The van der Waals surface area contributed by atoms with Crippen LogP contribution in [0.2, 0.25) is 0 Å². The number of aliphatic hydroxyl groups excluding tert-OH is 1. The van der Waals surface area contributed by atoms with Crippen molar-refractivity contribution in [3.8, 4) is 17.2 Å². The van der Waals surface area contributed by atoms with Gasteiger partial charge < -0.3 is 40.0 Å². The Morgan fingerprint density at radius 3 is 2.55 bits per heavy atom. The van der Waals surface area contributed by atoms with Gasteiger partial charge in [-0.3, -0.25) is 5.43 Å². The lowest BCUT2D eigenvalue weighted by Crippen LogP contribution is -2.45. The summed E-state index contributed by atoms with van der Waals surface area (Å²) in [6, 6.07) is 9.09. The number of methoxy groups -OCH3 is 1. The van der Waals surface area contributed by atoms with Crippen LogP contribution in [0.1, 0.15) is 44.9 Å². The second-order valence-electron chi connectivity index (χ2n) is 8.83. The first-order valence-corrected chi connectivity index (χ1v) is 13.0. The second kappa shape index (κ2) is 14.1. The molecule has 2 aromatic carbocycles. The molecule has 0 spiro atoms. The van der Waals surface area contributed by atoms with Crippen LogP contribution in [0.25, 0.3) is 0 Å². The smallest absolute Gasteiger partial charge is 0.337 e. The van der Waals surface area contributed by atoms with Crippen molar-refractivity contribution in [3.63, 3.8) is 0 Å². The Balaban J connectivity index is 1.67. The number of carbonyl (C=O) groups excluding carboxylic acids is 2. The van der Waals surface area contributed by atoms with Crippen LogP contribution in [-0.2, 0) is 9.53 Å². The Kier molecular flexibility index (Phi) is 10.6. The molecule has 5 N–H and O–H groups in total. The molecule has 0 aromatic heterocycles. The number of benzene rings is 2. The highest BCUT2D eigenvalue weighted by molar-refractivity contribution is 5.95. The molecule has 1 aliphatic rings.